The predicted octanol–water partition coefficient (Wildman–Crippen LogP) is 3.86. The van der Waals surface area contributed by atoms with Gasteiger partial charge in [-0.15, -0.1) is 11.8 Å². The quantitative estimate of drug-likeness (QED) is 0.601. The van der Waals surface area contributed by atoms with Crippen LogP contribution in [0.1, 0.15) is 70.5 Å². The van der Waals surface area contributed by atoms with Gasteiger partial charge in [-0.2, -0.15) is 16.4 Å². The Morgan fingerprint density at radius 1 is 1.06 bits per heavy atom. The number of aromatic nitrogens is 2. The molecular weight excluding hydrogens is 494 g/mol. The van der Waals surface area contributed by atoms with Crippen LogP contribution in [0.25, 0.3) is 0 Å². The smallest absolute Gasteiger partial charge is 0.242 e. The molecule has 8 nitrogen and oxygen atoms in total. The molecule has 0 aromatic carbocycles. The van der Waals surface area contributed by atoms with Gasteiger partial charge >= 0.3 is 0 Å². The fourth-order valence-corrected chi connectivity index (χ4v) is 6.69. The molecule has 0 bridgehead atoms. The molecule has 0 radical (unpaired) electrons. The van der Waals surface area contributed by atoms with E-state index in [0.717, 1.165) is 22.6 Å². The first-order valence-electron chi connectivity index (χ1n) is 12.4. The van der Waals surface area contributed by atoms with E-state index in [1.807, 2.05) is 4.68 Å². The molecule has 0 aliphatic carbocycles. The third-order valence-electron chi connectivity index (χ3n) is 6.65. The van der Waals surface area contributed by atoms with E-state index in [0.29, 0.717) is 26.2 Å². The SMILES string of the molecule is CC(=O)N1CCN(C(=O)CN2C(=O)CS[C@@H](c3ccsc3)c3c(C(C)(C)C)nn(C(C)(C)C)c32)CC1. The number of nitrogens with zero attached hydrogens (tertiary/aromatic N) is 5. The van der Waals surface area contributed by atoms with E-state index in [4.69, 9.17) is 5.10 Å². The zero-order valence-electron chi connectivity index (χ0n) is 22.3. The average molecular weight is 532 g/mol. The standard InChI is InChI=1S/C26H37N5O3S2/c1-17(32)28-9-11-29(12-10-28)19(33)14-30-20(34)16-36-22(18-8-13-35-15-18)21-23(25(2,3)4)27-31(24(21)30)26(5,6)7/h8,13,15,22H,9-12,14,16H2,1-7H3/t22-/m0/s1. The van der Waals surface area contributed by atoms with Crippen LogP contribution in [0.4, 0.5) is 5.82 Å². The zero-order chi connectivity index (χ0) is 26.4. The second-order valence-electron chi connectivity index (χ2n) is 11.5. The molecule has 0 unspecified atom stereocenters. The average Bonchev–Trinajstić information content (AvgIpc) is 3.43. The van der Waals surface area contributed by atoms with Gasteiger partial charge in [0.25, 0.3) is 0 Å². The summed E-state index contributed by atoms with van der Waals surface area (Å²) in [6.45, 7) is 16.2. The summed E-state index contributed by atoms with van der Waals surface area (Å²) in [5, 5.41) is 9.28. The van der Waals surface area contributed by atoms with Gasteiger partial charge in [0.2, 0.25) is 17.7 Å². The molecule has 4 heterocycles. The number of hydrogen-bond acceptors (Lipinski definition) is 6. The summed E-state index contributed by atoms with van der Waals surface area (Å²) in [6.07, 6.45) is 0. The van der Waals surface area contributed by atoms with Crippen molar-refractivity contribution in [3.63, 3.8) is 0 Å². The van der Waals surface area contributed by atoms with Gasteiger partial charge in [0.15, 0.2) is 0 Å². The van der Waals surface area contributed by atoms with Crippen molar-refractivity contribution >= 4 is 46.6 Å². The molecule has 2 aliphatic heterocycles. The molecule has 2 aromatic heterocycles. The monoisotopic (exact) mass is 531 g/mol. The van der Waals surface area contributed by atoms with Crippen molar-refractivity contribution in [3.05, 3.63) is 33.6 Å². The predicted molar refractivity (Wildman–Crippen MR) is 146 cm³/mol. The summed E-state index contributed by atoms with van der Waals surface area (Å²) in [5.41, 5.74) is 2.50. The Bertz CT molecular complexity index is 1140. The van der Waals surface area contributed by atoms with Gasteiger partial charge in [0.1, 0.15) is 12.4 Å². The summed E-state index contributed by atoms with van der Waals surface area (Å²) >= 11 is 3.26. The van der Waals surface area contributed by atoms with E-state index < -0.39 is 5.54 Å². The number of anilines is 1. The van der Waals surface area contributed by atoms with Crippen molar-refractivity contribution in [3.8, 4) is 0 Å². The number of amides is 3. The van der Waals surface area contributed by atoms with Crippen molar-refractivity contribution in [2.75, 3.05) is 43.4 Å². The van der Waals surface area contributed by atoms with Crippen LogP contribution in [0.3, 0.4) is 0 Å². The fourth-order valence-electron chi connectivity index (χ4n) is 4.73. The minimum absolute atomic E-state index is 0.0229. The highest BCUT2D eigenvalue weighted by atomic mass is 32.2. The number of carbonyl (C=O) groups excluding carboxylic acids is 3. The molecule has 4 rings (SSSR count). The molecule has 2 aromatic rings. The Morgan fingerprint density at radius 2 is 1.69 bits per heavy atom. The van der Waals surface area contributed by atoms with Gasteiger partial charge in [-0.3, -0.25) is 19.3 Å². The first-order valence-corrected chi connectivity index (χ1v) is 14.4. The summed E-state index contributed by atoms with van der Waals surface area (Å²) in [4.78, 5) is 44.0. The van der Waals surface area contributed by atoms with Gasteiger partial charge in [0.05, 0.1) is 22.2 Å². The van der Waals surface area contributed by atoms with Gasteiger partial charge in [-0.25, -0.2) is 4.68 Å². The Labute approximate surface area is 222 Å². The number of thioether (sulfide) groups is 1. The molecule has 36 heavy (non-hydrogen) atoms. The molecule has 0 spiro atoms. The maximum Gasteiger partial charge on any atom is 0.242 e. The van der Waals surface area contributed by atoms with Crippen LogP contribution < -0.4 is 4.90 Å². The van der Waals surface area contributed by atoms with E-state index in [1.54, 1.807) is 44.7 Å². The van der Waals surface area contributed by atoms with Crippen LogP contribution in [0.2, 0.25) is 0 Å². The van der Waals surface area contributed by atoms with Crippen molar-refractivity contribution < 1.29 is 14.4 Å². The summed E-state index contributed by atoms with van der Waals surface area (Å²) < 4.78 is 1.95. The highest BCUT2D eigenvalue weighted by Crippen LogP contribution is 2.49. The van der Waals surface area contributed by atoms with Crippen LogP contribution in [-0.2, 0) is 25.3 Å². The normalized spacial score (nSPS) is 19.4. The molecule has 1 fully saturated rings. The lowest BCUT2D eigenvalue weighted by Crippen LogP contribution is -2.53. The number of piperazine rings is 1. The van der Waals surface area contributed by atoms with Crippen molar-refractivity contribution in [1.29, 1.82) is 0 Å². The van der Waals surface area contributed by atoms with E-state index in [-0.39, 0.29) is 40.7 Å². The number of fused-ring (bicyclic) bond motifs is 1. The Morgan fingerprint density at radius 3 is 2.22 bits per heavy atom. The largest absolute Gasteiger partial charge is 0.339 e. The van der Waals surface area contributed by atoms with Crippen LogP contribution >= 0.6 is 23.1 Å². The van der Waals surface area contributed by atoms with Gasteiger partial charge < -0.3 is 9.80 Å². The molecule has 196 valence electrons. The lowest BCUT2D eigenvalue weighted by Gasteiger charge is -2.35. The third-order valence-corrected chi connectivity index (χ3v) is 8.61. The maximum atomic E-state index is 13.6. The van der Waals surface area contributed by atoms with Gasteiger partial charge in [-0.1, -0.05) is 20.8 Å². The Balaban J connectivity index is 1.79. The molecular formula is C26H37N5O3S2. The van der Waals surface area contributed by atoms with Crippen molar-refractivity contribution in [2.24, 2.45) is 0 Å². The second-order valence-corrected chi connectivity index (χ2v) is 13.4. The Kier molecular flexibility index (Phi) is 7.31. The zero-order valence-corrected chi connectivity index (χ0v) is 24.0. The fraction of sp³-hybridized carbons (Fsp3) is 0.615. The van der Waals surface area contributed by atoms with Gasteiger partial charge in [0, 0.05) is 44.1 Å². The number of rotatable bonds is 3. The highest BCUT2D eigenvalue weighted by Gasteiger charge is 2.42. The van der Waals surface area contributed by atoms with Crippen molar-refractivity contribution in [1.82, 2.24) is 19.6 Å². The van der Waals surface area contributed by atoms with E-state index in [9.17, 15) is 14.4 Å². The summed E-state index contributed by atoms with van der Waals surface area (Å²) in [5.74, 6) is 0.856. The summed E-state index contributed by atoms with van der Waals surface area (Å²) in [7, 11) is 0. The van der Waals surface area contributed by atoms with Crippen molar-refractivity contribution in [2.45, 2.75) is 64.7 Å². The molecule has 1 saturated heterocycles. The van der Waals surface area contributed by atoms with E-state index in [2.05, 4.69) is 58.4 Å². The number of hydrogen-bond donors (Lipinski definition) is 0. The van der Waals surface area contributed by atoms with E-state index >= 15 is 0 Å². The molecule has 2 aliphatic rings. The first-order chi connectivity index (χ1) is 16.8. The first kappa shape index (κ1) is 26.7. The van der Waals surface area contributed by atoms with Crippen LogP contribution in [0.15, 0.2) is 16.8 Å². The minimum Gasteiger partial charge on any atom is -0.339 e. The van der Waals surface area contributed by atoms with E-state index in [1.165, 1.54) is 0 Å². The molecule has 0 saturated carbocycles. The number of thiophene rings is 1. The van der Waals surface area contributed by atoms with Crippen LogP contribution in [-0.4, -0.2) is 75.8 Å². The minimum atomic E-state index is -0.392. The maximum absolute atomic E-state index is 13.6. The van der Waals surface area contributed by atoms with Crippen LogP contribution in [0.5, 0.6) is 0 Å². The third kappa shape index (κ3) is 5.20. The summed E-state index contributed by atoms with van der Waals surface area (Å²) in [6, 6.07) is 2.12. The molecule has 0 N–H and O–H groups in total. The van der Waals surface area contributed by atoms with Gasteiger partial charge in [-0.05, 0) is 43.2 Å². The number of carbonyl (C=O) groups is 3. The Hall–Kier alpha value is -2.33. The topological polar surface area (TPSA) is 78.8 Å². The lowest BCUT2D eigenvalue weighted by molar-refractivity contribution is -0.137. The lowest BCUT2D eigenvalue weighted by atomic mass is 9.87. The highest BCUT2D eigenvalue weighted by molar-refractivity contribution is 8.00. The molecule has 1 atom stereocenters. The second kappa shape index (κ2) is 9.85. The molecule has 10 heteroatoms. The molecule has 3 amide bonds. The van der Waals surface area contributed by atoms with Crippen LogP contribution in [0, 0.1) is 0 Å².